The summed E-state index contributed by atoms with van der Waals surface area (Å²) in [5, 5.41) is 3.46. The number of carbonyl (C=O) groups excluding carboxylic acids is 2. The molecule has 4 rings (SSSR count). The summed E-state index contributed by atoms with van der Waals surface area (Å²) in [5.41, 5.74) is 1.88. The third kappa shape index (κ3) is 4.12. The Morgan fingerprint density at radius 1 is 1.32 bits per heavy atom. The van der Waals surface area contributed by atoms with Gasteiger partial charge >= 0.3 is 5.97 Å². The van der Waals surface area contributed by atoms with E-state index in [0.717, 1.165) is 29.7 Å². The highest BCUT2D eigenvalue weighted by Crippen LogP contribution is 2.35. The molecule has 162 valence electrons. The molecule has 0 fully saturated rings. The maximum Gasteiger partial charge on any atom is 0.338 e. The fraction of sp³-hybridized carbons (Fsp3) is 0.391. The van der Waals surface area contributed by atoms with Crippen molar-refractivity contribution in [2.45, 2.75) is 46.1 Å². The second-order valence-corrected chi connectivity index (χ2v) is 9.04. The summed E-state index contributed by atoms with van der Waals surface area (Å²) in [4.78, 5) is 44.3. The molecule has 0 bridgehead atoms. The number of hydrogen-bond donors (Lipinski definition) is 1. The van der Waals surface area contributed by atoms with Crippen LogP contribution in [0.25, 0.3) is 10.2 Å². The minimum absolute atomic E-state index is 0.169. The zero-order valence-corrected chi connectivity index (χ0v) is 18.6. The number of carbonyl (C=O) groups is 2. The van der Waals surface area contributed by atoms with Crippen LogP contribution in [-0.4, -0.2) is 28.0 Å². The van der Waals surface area contributed by atoms with Crippen molar-refractivity contribution in [3.05, 3.63) is 57.0 Å². The molecule has 1 aromatic carbocycles. The van der Waals surface area contributed by atoms with E-state index in [1.54, 1.807) is 49.4 Å². The zero-order valence-electron chi connectivity index (χ0n) is 17.8. The lowest BCUT2D eigenvalue weighted by Crippen LogP contribution is -2.32. The molecule has 1 N–H and O–H groups in total. The highest BCUT2D eigenvalue weighted by atomic mass is 32.1. The van der Waals surface area contributed by atoms with Crippen LogP contribution in [0.1, 0.15) is 54.0 Å². The number of benzene rings is 1. The average Bonchev–Trinajstić information content (AvgIpc) is 3.12. The van der Waals surface area contributed by atoms with Gasteiger partial charge in [0.15, 0.2) is 0 Å². The maximum atomic E-state index is 13.2. The lowest BCUT2D eigenvalue weighted by Gasteiger charge is -2.18. The minimum atomic E-state index is -0.729. The van der Waals surface area contributed by atoms with Gasteiger partial charge in [-0.3, -0.25) is 14.2 Å². The number of ether oxygens (including phenoxy) is 1. The molecule has 2 heterocycles. The molecule has 1 aliphatic carbocycles. The van der Waals surface area contributed by atoms with E-state index in [2.05, 4.69) is 17.2 Å². The van der Waals surface area contributed by atoms with Crippen molar-refractivity contribution < 1.29 is 14.3 Å². The molecule has 0 spiro atoms. The number of anilines is 1. The van der Waals surface area contributed by atoms with Gasteiger partial charge in [0.2, 0.25) is 5.91 Å². The van der Waals surface area contributed by atoms with Crippen LogP contribution in [0.15, 0.2) is 35.4 Å². The Morgan fingerprint density at radius 3 is 2.77 bits per heavy atom. The normalized spacial score (nSPS) is 16.5. The fourth-order valence-electron chi connectivity index (χ4n) is 3.90. The number of rotatable bonds is 5. The molecule has 8 heteroatoms. The largest absolute Gasteiger partial charge is 0.462 e. The zero-order chi connectivity index (χ0) is 22.1. The third-order valence-corrected chi connectivity index (χ3v) is 6.86. The molecule has 0 radical (unpaired) electrons. The SMILES string of the molecule is CCOC(=O)c1ccc(NC(=O)C(C)n2cnc3sc4c(c3c2=O)CCC(C)C4)cc1. The highest BCUT2D eigenvalue weighted by molar-refractivity contribution is 7.18. The fourth-order valence-corrected chi connectivity index (χ4v) is 5.24. The van der Waals surface area contributed by atoms with Crippen LogP contribution < -0.4 is 10.9 Å². The van der Waals surface area contributed by atoms with Gasteiger partial charge in [0.1, 0.15) is 10.9 Å². The van der Waals surface area contributed by atoms with Crippen LogP contribution in [0.4, 0.5) is 5.69 Å². The third-order valence-electron chi connectivity index (χ3n) is 5.70. The molecule has 7 nitrogen and oxygen atoms in total. The quantitative estimate of drug-likeness (QED) is 0.608. The first-order valence-electron chi connectivity index (χ1n) is 10.5. The molecule has 2 unspecified atom stereocenters. The number of nitrogens with one attached hydrogen (secondary N) is 1. The van der Waals surface area contributed by atoms with Crippen LogP contribution in [0.5, 0.6) is 0 Å². The van der Waals surface area contributed by atoms with Gasteiger partial charge in [-0.05, 0) is 68.9 Å². The standard InChI is InChI=1S/C23H25N3O4S/c1-4-30-23(29)15-6-8-16(9-7-15)25-20(27)14(3)26-12-24-21-19(22(26)28)17-10-5-13(2)11-18(17)31-21/h6-9,12-14H,4-5,10-11H2,1-3H3,(H,25,27). The van der Waals surface area contributed by atoms with E-state index in [9.17, 15) is 14.4 Å². The van der Waals surface area contributed by atoms with Crippen molar-refractivity contribution in [3.63, 3.8) is 0 Å². The summed E-state index contributed by atoms with van der Waals surface area (Å²) in [6, 6.07) is 5.73. The lowest BCUT2D eigenvalue weighted by atomic mass is 9.89. The Balaban J connectivity index is 1.56. The predicted octanol–water partition coefficient (Wildman–Crippen LogP) is 3.96. The van der Waals surface area contributed by atoms with Crippen LogP contribution in [-0.2, 0) is 22.4 Å². The lowest BCUT2D eigenvalue weighted by molar-refractivity contribution is -0.118. The van der Waals surface area contributed by atoms with Crippen LogP contribution in [0.2, 0.25) is 0 Å². The van der Waals surface area contributed by atoms with E-state index in [4.69, 9.17) is 4.74 Å². The van der Waals surface area contributed by atoms with Crippen LogP contribution in [0, 0.1) is 5.92 Å². The van der Waals surface area contributed by atoms with Crippen molar-refractivity contribution in [1.82, 2.24) is 9.55 Å². The van der Waals surface area contributed by atoms with Gasteiger partial charge < -0.3 is 10.1 Å². The van der Waals surface area contributed by atoms with Crippen molar-refractivity contribution in [2.75, 3.05) is 11.9 Å². The maximum absolute atomic E-state index is 13.2. The first kappa shape index (κ1) is 21.2. The van der Waals surface area contributed by atoms with Crippen molar-refractivity contribution >= 4 is 39.1 Å². The van der Waals surface area contributed by atoms with E-state index >= 15 is 0 Å². The number of aryl methyl sites for hydroxylation is 1. The molecule has 0 aliphatic heterocycles. The molecule has 3 aromatic rings. The summed E-state index contributed by atoms with van der Waals surface area (Å²) in [6.45, 7) is 5.95. The first-order valence-corrected chi connectivity index (χ1v) is 11.3. The molecular weight excluding hydrogens is 414 g/mol. The molecule has 1 aliphatic rings. The summed E-state index contributed by atoms with van der Waals surface area (Å²) in [7, 11) is 0. The number of esters is 1. The van der Waals surface area contributed by atoms with Gasteiger partial charge in [-0.1, -0.05) is 6.92 Å². The summed E-state index contributed by atoms with van der Waals surface area (Å²) < 4.78 is 6.36. The first-order chi connectivity index (χ1) is 14.9. The van der Waals surface area contributed by atoms with E-state index in [1.165, 1.54) is 15.8 Å². The van der Waals surface area contributed by atoms with E-state index in [1.807, 2.05) is 0 Å². The number of hydrogen-bond acceptors (Lipinski definition) is 6. The number of aromatic nitrogens is 2. The number of thiophene rings is 1. The minimum Gasteiger partial charge on any atom is -0.462 e. The number of fused-ring (bicyclic) bond motifs is 3. The van der Waals surface area contributed by atoms with Crippen molar-refractivity contribution in [1.29, 1.82) is 0 Å². The van der Waals surface area contributed by atoms with Crippen molar-refractivity contribution in [2.24, 2.45) is 5.92 Å². The van der Waals surface area contributed by atoms with E-state index < -0.39 is 12.0 Å². The van der Waals surface area contributed by atoms with Crippen LogP contribution >= 0.6 is 11.3 Å². The summed E-state index contributed by atoms with van der Waals surface area (Å²) in [5.74, 6) is -0.124. The molecule has 0 saturated carbocycles. The average molecular weight is 440 g/mol. The molecule has 1 amide bonds. The Hall–Kier alpha value is -3.00. The second-order valence-electron chi connectivity index (χ2n) is 7.95. The van der Waals surface area contributed by atoms with Crippen LogP contribution in [0.3, 0.4) is 0 Å². The van der Waals surface area contributed by atoms with Gasteiger partial charge in [0.05, 0.1) is 23.9 Å². The molecule has 0 saturated heterocycles. The molecule has 31 heavy (non-hydrogen) atoms. The Morgan fingerprint density at radius 2 is 2.06 bits per heavy atom. The number of amides is 1. The van der Waals surface area contributed by atoms with Gasteiger partial charge in [0.25, 0.3) is 5.56 Å². The summed E-state index contributed by atoms with van der Waals surface area (Å²) >= 11 is 1.59. The smallest absolute Gasteiger partial charge is 0.338 e. The van der Waals surface area contributed by atoms with E-state index in [-0.39, 0.29) is 11.5 Å². The van der Waals surface area contributed by atoms with Crippen molar-refractivity contribution in [3.8, 4) is 0 Å². The van der Waals surface area contributed by atoms with E-state index in [0.29, 0.717) is 29.2 Å². The van der Waals surface area contributed by atoms with Gasteiger partial charge in [-0.25, -0.2) is 9.78 Å². The number of nitrogens with zero attached hydrogens (tertiary/aromatic N) is 2. The highest BCUT2D eigenvalue weighted by Gasteiger charge is 2.25. The monoisotopic (exact) mass is 439 g/mol. The second kappa shape index (κ2) is 8.63. The molecule has 2 atom stereocenters. The predicted molar refractivity (Wildman–Crippen MR) is 121 cm³/mol. The van der Waals surface area contributed by atoms with Gasteiger partial charge in [-0.15, -0.1) is 11.3 Å². The molecule has 2 aromatic heterocycles. The van der Waals surface area contributed by atoms with Gasteiger partial charge in [0, 0.05) is 10.6 Å². The topological polar surface area (TPSA) is 90.3 Å². The molecular formula is C23H25N3O4S. The Labute approximate surface area is 184 Å². The van der Waals surface area contributed by atoms with Gasteiger partial charge in [-0.2, -0.15) is 0 Å². The Bertz CT molecular complexity index is 1200. The summed E-state index contributed by atoms with van der Waals surface area (Å²) in [6.07, 6.45) is 4.38. The Kier molecular flexibility index (Phi) is 5.91.